The van der Waals surface area contributed by atoms with Gasteiger partial charge in [0.2, 0.25) is 0 Å². The highest BCUT2D eigenvalue weighted by Crippen LogP contribution is 2.54. The van der Waals surface area contributed by atoms with E-state index in [0.29, 0.717) is 0 Å². The zero-order valence-electron chi connectivity index (χ0n) is 10.7. The van der Waals surface area contributed by atoms with E-state index in [1.807, 2.05) is 33.8 Å². The SMILES string of the molecule is CC=C1C(=O)N2SC(=CC(=O)OC(C)(C)C)SC12. The molecule has 0 bridgehead atoms. The molecule has 4 nitrogen and oxygen atoms in total. The molecule has 0 aromatic carbocycles. The van der Waals surface area contributed by atoms with E-state index in [-0.39, 0.29) is 17.3 Å². The Morgan fingerprint density at radius 3 is 2.67 bits per heavy atom. The Morgan fingerprint density at radius 1 is 1.44 bits per heavy atom. The van der Waals surface area contributed by atoms with Crippen LogP contribution in [0, 0.1) is 0 Å². The molecule has 2 aliphatic heterocycles. The zero-order valence-corrected chi connectivity index (χ0v) is 12.4. The van der Waals surface area contributed by atoms with Crippen LogP contribution in [0.1, 0.15) is 27.7 Å². The fraction of sp³-hybridized carbons (Fsp3) is 0.500. The molecule has 2 fully saturated rings. The Labute approximate surface area is 115 Å². The molecule has 18 heavy (non-hydrogen) atoms. The van der Waals surface area contributed by atoms with Gasteiger partial charge in [0.1, 0.15) is 11.0 Å². The number of nitrogens with zero attached hydrogens (tertiary/aromatic N) is 1. The van der Waals surface area contributed by atoms with Crippen molar-refractivity contribution < 1.29 is 14.3 Å². The molecule has 0 aromatic heterocycles. The van der Waals surface area contributed by atoms with Crippen LogP contribution >= 0.6 is 23.7 Å². The summed E-state index contributed by atoms with van der Waals surface area (Å²) < 4.78 is 7.69. The number of fused-ring (bicyclic) bond motifs is 1. The van der Waals surface area contributed by atoms with Crippen molar-refractivity contribution in [1.29, 1.82) is 0 Å². The van der Waals surface area contributed by atoms with Crippen LogP contribution in [-0.2, 0) is 14.3 Å². The lowest BCUT2D eigenvalue weighted by molar-refractivity contribution is -0.148. The van der Waals surface area contributed by atoms with Gasteiger partial charge in [-0.2, -0.15) is 0 Å². The van der Waals surface area contributed by atoms with Gasteiger partial charge < -0.3 is 4.74 Å². The maximum Gasteiger partial charge on any atom is 0.333 e. The summed E-state index contributed by atoms with van der Waals surface area (Å²) in [5.74, 6) is -0.331. The Morgan fingerprint density at radius 2 is 2.11 bits per heavy atom. The number of allylic oxidation sites excluding steroid dienone is 1. The first-order valence-corrected chi connectivity index (χ1v) is 7.26. The largest absolute Gasteiger partial charge is 0.457 e. The Bertz CT molecular complexity index is 462. The quantitative estimate of drug-likeness (QED) is 0.321. The predicted molar refractivity (Wildman–Crippen MR) is 73.5 cm³/mol. The van der Waals surface area contributed by atoms with Crippen LogP contribution < -0.4 is 0 Å². The van der Waals surface area contributed by atoms with Crippen LogP contribution in [-0.4, -0.2) is 27.2 Å². The number of β-lactam (4-membered cyclic amide) rings is 1. The van der Waals surface area contributed by atoms with Crippen molar-refractivity contribution in [2.75, 3.05) is 0 Å². The van der Waals surface area contributed by atoms with Crippen molar-refractivity contribution in [1.82, 2.24) is 4.31 Å². The molecule has 0 N–H and O–H groups in total. The van der Waals surface area contributed by atoms with Gasteiger partial charge in [0, 0.05) is 11.6 Å². The van der Waals surface area contributed by atoms with E-state index >= 15 is 0 Å². The van der Waals surface area contributed by atoms with E-state index < -0.39 is 5.60 Å². The second-order valence-electron chi connectivity index (χ2n) is 4.93. The second-order valence-corrected chi connectivity index (χ2v) is 7.33. The van der Waals surface area contributed by atoms with Gasteiger partial charge in [-0.05, 0) is 39.6 Å². The van der Waals surface area contributed by atoms with E-state index in [1.54, 1.807) is 4.31 Å². The minimum atomic E-state index is -0.494. The number of thioether (sulfide) groups is 1. The maximum absolute atomic E-state index is 11.6. The topological polar surface area (TPSA) is 46.6 Å². The molecule has 98 valence electrons. The molecule has 2 saturated heterocycles. The first kappa shape index (κ1) is 13.5. The van der Waals surface area contributed by atoms with E-state index in [1.165, 1.54) is 29.8 Å². The third kappa shape index (κ3) is 2.59. The Hall–Kier alpha value is -0.880. The predicted octanol–water partition coefficient (Wildman–Crippen LogP) is 2.68. The highest BCUT2D eigenvalue weighted by molar-refractivity contribution is 8.25. The van der Waals surface area contributed by atoms with Gasteiger partial charge in [-0.3, -0.25) is 9.10 Å². The lowest BCUT2D eigenvalue weighted by atomic mass is 10.1. The average molecular weight is 285 g/mol. The van der Waals surface area contributed by atoms with Crippen LogP contribution in [0.4, 0.5) is 0 Å². The first-order valence-electron chi connectivity index (χ1n) is 5.61. The number of carbonyl (C=O) groups is 2. The van der Waals surface area contributed by atoms with Crippen molar-refractivity contribution in [3.8, 4) is 0 Å². The van der Waals surface area contributed by atoms with Gasteiger partial charge >= 0.3 is 5.97 Å². The zero-order chi connectivity index (χ0) is 13.5. The Balaban J connectivity index is 2.02. The molecule has 0 aromatic rings. The molecule has 0 saturated carbocycles. The third-order valence-corrected chi connectivity index (χ3v) is 4.85. The number of rotatable bonds is 1. The molecule has 0 spiro atoms. The molecule has 0 aliphatic carbocycles. The Kier molecular flexibility index (Phi) is 3.51. The standard InChI is InChI=1S/C12H15NO3S2/c1-5-7-10(15)13-11(7)17-9(18-13)6-8(14)16-12(2,3)4/h5-6,11H,1-4H3. The van der Waals surface area contributed by atoms with Crippen LogP contribution in [0.15, 0.2) is 22.0 Å². The second kappa shape index (κ2) is 4.66. The monoisotopic (exact) mass is 285 g/mol. The fourth-order valence-corrected chi connectivity index (χ4v) is 4.21. The lowest BCUT2D eigenvalue weighted by Gasteiger charge is -2.33. The van der Waals surface area contributed by atoms with Crippen molar-refractivity contribution >= 4 is 35.6 Å². The van der Waals surface area contributed by atoms with Gasteiger partial charge in [-0.25, -0.2) is 4.79 Å². The summed E-state index contributed by atoms with van der Waals surface area (Å²) in [5.41, 5.74) is 0.311. The number of ether oxygens (including phenoxy) is 1. The summed E-state index contributed by atoms with van der Waals surface area (Å²) in [6, 6.07) is 0. The van der Waals surface area contributed by atoms with E-state index in [9.17, 15) is 9.59 Å². The number of esters is 1. The summed E-state index contributed by atoms with van der Waals surface area (Å²) in [7, 11) is 0. The molecule has 6 heteroatoms. The van der Waals surface area contributed by atoms with E-state index in [0.717, 1.165) is 9.81 Å². The summed E-state index contributed by atoms with van der Waals surface area (Å²) in [6.45, 7) is 7.33. The molecular weight excluding hydrogens is 270 g/mol. The molecule has 1 amide bonds. The van der Waals surface area contributed by atoms with Gasteiger partial charge in [0.15, 0.2) is 0 Å². The van der Waals surface area contributed by atoms with Gasteiger partial charge in [0.05, 0.1) is 4.24 Å². The minimum Gasteiger partial charge on any atom is -0.457 e. The highest BCUT2D eigenvalue weighted by Gasteiger charge is 2.48. The highest BCUT2D eigenvalue weighted by atomic mass is 32.2. The molecular formula is C12H15NO3S2. The normalized spacial score (nSPS) is 27.4. The van der Waals surface area contributed by atoms with Crippen LogP contribution in [0.3, 0.4) is 0 Å². The average Bonchev–Trinajstić information content (AvgIpc) is 2.55. The van der Waals surface area contributed by atoms with Crippen molar-refractivity contribution in [2.24, 2.45) is 0 Å². The first-order chi connectivity index (χ1) is 8.31. The van der Waals surface area contributed by atoms with Crippen LogP contribution in [0.5, 0.6) is 0 Å². The van der Waals surface area contributed by atoms with E-state index in [2.05, 4.69) is 0 Å². The van der Waals surface area contributed by atoms with Crippen molar-refractivity contribution in [3.63, 3.8) is 0 Å². The molecule has 2 heterocycles. The summed E-state index contributed by atoms with van der Waals surface area (Å²) >= 11 is 2.82. The molecule has 2 rings (SSSR count). The summed E-state index contributed by atoms with van der Waals surface area (Å²) in [4.78, 5) is 23.3. The van der Waals surface area contributed by atoms with Crippen molar-refractivity contribution in [2.45, 2.75) is 38.7 Å². The molecule has 0 radical (unpaired) electrons. The summed E-state index contributed by atoms with van der Waals surface area (Å²) in [5, 5.41) is 0.0567. The third-order valence-electron chi connectivity index (χ3n) is 2.30. The summed E-state index contributed by atoms with van der Waals surface area (Å²) in [6.07, 6.45) is 3.28. The number of hydrogen-bond donors (Lipinski definition) is 0. The smallest absolute Gasteiger partial charge is 0.333 e. The molecule has 2 aliphatic rings. The van der Waals surface area contributed by atoms with Crippen LogP contribution in [0.25, 0.3) is 0 Å². The minimum absolute atomic E-state index is 0.0348. The molecule has 1 atom stereocenters. The van der Waals surface area contributed by atoms with Crippen LogP contribution in [0.2, 0.25) is 0 Å². The number of hydrogen-bond acceptors (Lipinski definition) is 5. The van der Waals surface area contributed by atoms with Gasteiger partial charge in [-0.1, -0.05) is 17.8 Å². The lowest BCUT2D eigenvalue weighted by Crippen LogP contribution is -2.45. The van der Waals surface area contributed by atoms with Crippen molar-refractivity contribution in [3.05, 3.63) is 22.0 Å². The fourth-order valence-electron chi connectivity index (χ4n) is 1.58. The molecule has 1 unspecified atom stereocenters. The van der Waals surface area contributed by atoms with E-state index in [4.69, 9.17) is 4.74 Å². The maximum atomic E-state index is 11.6. The van der Waals surface area contributed by atoms with Gasteiger partial charge in [0.25, 0.3) is 5.91 Å². The number of carbonyl (C=O) groups excluding carboxylic acids is 2. The van der Waals surface area contributed by atoms with Gasteiger partial charge in [-0.15, -0.1) is 0 Å². The number of amides is 1.